The molecule has 0 saturated carbocycles. The van der Waals surface area contributed by atoms with Gasteiger partial charge in [-0.3, -0.25) is 4.79 Å². The van der Waals surface area contributed by atoms with Gasteiger partial charge in [-0.2, -0.15) is 0 Å². The highest BCUT2D eigenvalue weighted by Gasteiger charge is 2.12. The van der Waals surface area contributed by atoms with Gasteiger partial charge >= 0.3 is 0 Å². The van der Waals surface area contributed by atoms with Crippen molar-refractivity contribution in [3.05, 3.63) is 51.0 Å². The Morgan fingerprint density at radius 3 is 2.26 bits per heavy atom. The molecular weight excluding hydrogens is 335 g/mol. The summed E-state index contributed by atoms with van der Waals surface area (Å²) >= 11 is 12.0. The molecule has 6 heteroatoms. The quantitative estimate of drug-likeness (QED) is 0.795. The van der Waals surface area contributed by atoms with Gasteiger partial charge in [-0.05, 0) is 61.7 Å². The van der Waals surface area contributed by atoms with Crippen molar-refractivity contribution in [3.8, 4) is 5.75 Å². The number of hydrogen-bond acceptors (Lipinski definition) is 3. The molecule has 0 unspecified atom stereocenters. The summed E-state index contributed by atoms with van der Waals surface area (Å²) in [5.41, 5.74) is 9.76. The zero-order chi connectivity index (χ0) is 17.1. The predicted molar refractivity (Wildman–Crippen MR) is 95.7 cm³/mol. The molecule has 0 spiro atoms. The summed E-state index contributed by atoms with van der Waals surface area (Å²) in [5.74, 6) is 0.184. The molecule has 0 saturated heterocycles. The van der Waals surface area contributed by atoms with Crippen LogP contribution in [0.1, 0.15) is 16.7 Å². The number of nitrogens with one attached hydrogen (secondary N) is 1. The van der Waals surface area contributed by atoms with Crippen LogP contribution in [0.4, 0.5) is 11.4 Å². The summed E-state index contributed by atoms with van der Waals surface area (Å²) < 4.78 is 5.53. The number of benzene rings is 2. The Balaban J connectivity index is 2.07. The van der Waals surface area contributed by atoms with E-state index in [2.05, 4.69) is 5.32 Å². The number of nitrogen functional groups attached to an aromatic ring is 1. The molecule has 3 N–H and O–H groups in total. The van der Waals surface area contributed by atoms with Crippen LogP contribution < -0.4 is 15.8 Å². The van der Waals surface area contributed by atoms with Crippen LogP contribution in [0.5, 0.6) is 5.75 Å². The SMILES string of the molecule is Cc1cc(N)cc(C)c1NC(=O)COc1c(C)cc(Cl)cc1Cl. The minimum Gasteiger partial charge on any atom is -0.482 e. The minimum atomic E-state index is -0.272. The molecular formula is C17H18Cl2N2O2. The standard InChI is InChI=1S/C17H18Cl2N2O2/c1-9-5-13(20)6-10(2)16(9)21-15(22)8-23-17-11(3)4-12(18)7-14(17)19/h4-7H,8,20H2,1-3H3,(H,21,22). The average Bonchev–Trinajstić information content (AvgIpc) is 2.41. The van der Waals surface area contributed by atoms with Crippen molar-refractivity contribution < 1.29 is 9.53 Å². The molecule has 23 heavy (non-hydrogen) atoms. The van der Waals surface area contributed by atoms with Gasteiger partial charge in [-0.25, -0.2) is 0 Å². The maximum atomic E-state index is 12.1. The van der Waals surface area contributed by atoms with Crippen molar-refractivity contribution in [1.29, 1.82) is 0 Å². The van der Waals surface area contributed by atoms with Gasteiger partial charge in [0.25, 0.3) is 5.91 Å². The molecule has 0 bridgehead atoms. The molecule has 0 heterocycles. The van der Waals surface area contributed by atoms with Crippen LogP contribution in [0.3, 0.4) is 0 Å². The third-order valence-electron chi connectivity index (χ3n) is 3.36. The highest BCUT2D eigenvalue weighted by molar-refractivity contribution is 6.35. The molecule has 0 radical (unpaired) electrons. The van der Waals surface area contributed by atoms with Gasteiger partial charge in [0.1, 0.15) is 5.75 Å². The molecule has 1 amide bonds. The number of anilines is 2. The summed E-state index contributed by atoms with van der Waals surface area (Å²) in [7, 11) is 0. The van der Waals surface area contributed by atoms with E-state index in [9.17, 15) is 4.79 Å². The lowest BCUT2D eigenvalue weighted by Crippen LogP contribution is -2.21. The number of nitrogens with two attached hydrogens (primary N) is 1. The molecule has 0 aliphatic heterocycles. The van der Waals surface area contributed by atoms with E-state index in [0.29, 0.717) is 21.5 Å². The van der Waals surface area contributed by atoms with Crippen LogP contribution in [0.15, 0.2) is 24.3 Å². The van der Waals surface area contributed by atoms with Gasteiger partial charge in [0.05, 0.1) is 5.02 Å². The molecule has 2 aromatic carbocycles. The smallest absolute Gasteiger partial charge is 0.262 e. The Labute approximate surface area is 145 Å². The van der Waals surface area contributed by atoms with Crippen molar-refractivity contribution in [2.75, 3.05) is 17.7 Å². The van der Waals surface area contributed by atoms with Crippen molar-refractivity contribution in [3.63, 3.8) is 0 Å². The van der Waals surface area contributed by atoms with E-state index in [1.807, 2.05) is 32.9 Å². The summed E-state index contributed by atoms with van der Waals surface area (Å²) in [4.78, 5) is 12.1. The van der Waals surface area contributed by atoms with Crippen molar-refractivity contribution in [2.45, 2.75) is 20.8 Å². The topological polar surface area (TPSA) is 64.3 Å². The van der Waals surface area contributed by atoms with E-state index < -0.39 is 0 Å². The Morgan fingerprint density at radius 1 is 1.09 bits per heavy atom. The summed E-state index contributed by atoms with van der Waals surface area (Å²) in [6.07, 6.45) is 0. The molecule has 4 nitrogen and oxygen atoms in total. The van der Waals surface area contributed by atoms with Crippen molar-refractivity contribution in [2.24, 2.45) is 0 Å². The van der Waals surface area contributed by atoms with E-state index in [-0.39, 0.29) is 12.5 Å². The monoisotopic (exact) mass is 352 g/mol. The lowest BCUT2D eigenvalue weighted by molar-refractivity contribution is -0.118. The molecule has 0 aromatic heterocycles. The summed E-state index contributed by atoms with van der Waals surface area (Å²) in [6, 6.07) is 6.93. The number of amides is 1. The van der Waals surface area contributed by atoms with Gasteiger partial charge in [-0.15, -0.1) is 0 Å². The van der Waals surface area contributed by atoms with E-state index in [1.165, 1.54) is 0 Å². The Kier molecular flexibility index (Phi) is 5.39. The van der Waals surface area contributed by atoms with Crippen LogP contribution >= 0.6 is 23.2 Å². The second kappa shape index (κ2) is 7.11. The van der Waals surface area contributed by atoms with E-state index in [4.69, 9.17) is 33.7 Å². The first-order chi connectivity index (χ1) is 10.8. The van der Waals surface area contributed by atoms with Crippen LogP contribution in [0, 0.1) is 20.8 Å². The molecule has 2 aromatic rings. The maximum Gasteiger partial charge on any atom is 0.262 e. The normalized spacial score (nSPS) is 10.5. The summed E-state index contributed by atoms with van der Waals surface area (Å²) in [5, 5.41) is 3.74. The first-order valence-electron chi connectivity index (χ1n) is 7.03. The lowest BCUT2D eigenvalue weighted by atomic mass is 10.1. The third kappa shape index (κ3) is 4.30. The number of carbonyl (C=O) groups excluding carboxylic acids is 1. The predicted octanol–water partition coefficient (Wildman–Crippen LogP) is 4.52. The molecule has 0 aliphatic rings. The highest BCUT2D eigenvalue weighted by atomic mass is 35.5. The van der Waals surface area contributed by atoms with Gasteiger partial charge < -0.3 is 15.8 Å². The first-order valence-corrected chi connectivity index (χ1v) is 7.78. The highest BCUT2D eigenvalue weighted by Crippen LogP contribution is 2.32. The number of aryl methyl sites for hydroxylation is 3. The zero-order valence-corrected chi connectivity index (χ0v) is 14.7. The summed E-state index contributed by atoms with van der Waals surface area (Å²) in [6.45, 7) is 5.45. The minimum absolute atomic E-state index is 0.147. The number of halogens is 2. The van der Waals surface area contributed by atoms with Crippen molar-refractivity contribution >= 4 is 40.5 Å². The van der Waals surface area contributed by atoms with Gasteiger partial charge in [0.15, 0.2) is 6.61 Å². The molecule has 0 aliphatic carbocycles. The van der Waals surface area contributed by atoms with Crippen LogP contribution in [0.25, 0.3) is 0 Å². The van der Waals surface area contributed by atoms with Crippen LogP contribution in [-0.4, -0.2) is 12.5 Å². The first kappa shape index (κ1) is 17.4. The number of hydrogen-bond donors (Lipinski definition) is 2. The van der Waals surface area contributed by atoms with Crippen LogP contribution in [-0.2, 0) is 4.79 Å². The second-order valence-electron chi connectivity index (χ2n) is 5.40. The average molecular weight is 353 g/mol. The van der Waals surface area contributed by atoms with Gasteiger partial charge in [-0.1, -0.05) is 23.2 Å². The Morgan fingerprint density at radius 2 is 1.70 bits per heavy atom. The Hall–Kier alpha value is -1.91. The third-order valence-corrected chi connectivity index (χ3v) is 3.86. The zero-order valence-electron chi connectivity index (χ0n) is 13.2. The number of rotatable bonds is 4. The van der Waals surface area contributed by atoms with Gasteiger partial charge in [0, 0.05) is 16.4 Å². The van der Waals surface area contributed by atoms with Crippen LogP contribution in [0.2, 0.25) is 10.0 Å². The van der Waals surface area contributed by atoms with E-state index >= 15 is 0 Å². The van der Waals surface area contributed by atoms with Crippen molar-refractivity contribution in [1.82, 2.24) is 0 Å². The lowest BCUT2D eigenvalue weighted by Gasteiger charge is -2.14. The fourth-order valence-electron chi connectivity index (χ4n) is 2.38. The fourth-order valence-corrected chi connectivity index (χ4v) is 3.03. The number of carbonyl (C=O) groups is 1. The van der Waals surface area contributed by atoms with E-state index in [0.717, 1.165) is 22.4 Å². The van der Waals surface area contributed by atoms with E-state index in [1.54, 1.807) is 12.1 Å². The van der Waals surface area contributed by atoms with Gasteiger partial charge in [0.2, 0.25) is 0 Å². The molecule has 0 fully saturated rings. The second-order valence-corrected chi connectivity index (χ2v) is 6.24. The molecule has 2 rings (SSSR count). The Bertz CT molecular complexity index is 714. The fraction of sp³-hybridized carbons (Fsp3) is 0.235. The molecule has 0 atom stereocenters. The maximum absolute atomic E-state index is 12.1. The number of ether oxygens (including phenoxy) is 1. The molecule has 122 valence electrons. The largest absolute Gasteiger partial charge is 0.482 e.